The lowest BCUT2D eigenvalue weighted by Gasteiger charge is -2.29. The van der Waals surface area contributed by atoms with Gasteiger partial charge in [-0.05, 0) is 70.6 Å². The number of nitrogens with zero attached hydrogens (tertiary/aromatic N) is 1. The van der Waals surface area contributed by atoms with E-state index in [-0.39, 0.29) is 12.5 Å². The van der Waals surface area contributed by atoms with Crippen LogP contribution in [0.5, 0.6) is 0 Å². The van der Waals surface area contributed by atoms with Gasteiger partial charge in [-0.25, -0.2) is 0 Å². The van der Waals surface area contributed by atoms with Crippen LogP contribution in [0.4, 0.5) is 0 Å². The predicted octanol–water partition coefficient (Wildman–Crippen LogP) is 14.5. The number of aliphatic hydroxyl groups excluding tert-OH is 1. The van der Waals surface area contributed by atoms with Gasteiger partial charge in [-0.15, -0.1) is 0 Å². The molecule has 0 radical (unpaired) electrons. The van der Waals surface area contributed by atoms with E-state index in [1.807, 2.05) is 27.2 Å². The van der Waals surface area contributed by atoms with Gasteiger partial charge in [0.15, 0.2) is 0 Å². The molecule has 3 unspecified atom stereocenters. The summed E-state index contributed by atoms with van der Waals surface area (Å²) in [6.07, 6.45) is 61.2. The van der Waals surface area contributed by atoms with Crippen molar-refractivity contribution in [2.45, 2.75) is 225 Å². The molecule has 0 fully saturated rings. The number of amides is 1. The van der Waals surface area contributed by atoms with Crippen LogP contribution >= 0.6 is 7.82 Å². The molecule has 0 aromatic heterocycles. The number of carbonyl (C=O) groups is 1. The minimum atomic E-state index is -4.60. The van der Waals surface area contributed by atoms with Crippen molar-refractivity contribution in [1.29, 1.82) is 0 Å². The number of aliphatic hydroxyl groups is 1. The molecule has 366 valence electrons. The molecule has 0 rings (SSSR count). The number of rotatable bonds is 46. The fourth-order valence-corrected chi connectivity index (χ4v) is 7.82. The lowest BCUT2D eigenvalue weighted by atomic mass is 10.0. The standard InChI is InChI=1S/C54H99N2O6P/c1-6-8-10-12-14-16-18-20-21-22-23-24-25-26-27-28-29-30-31-32-33-34-35-36-38-40-42-44-46-48-54(58)55-52(51-62-63(59,60)61-50-49-56(3,4)5)53(57)47-45-43-41-39-37-19-17-15-13-11-9-7-2/h8,10,14,16,20-21,23-24,37,39,45,47,52-53,57H,6-7,9,11-13,15,17-19,22,25-36,38,40-44,46,48-51H2,1-5H3,(H-,55,58,59,60)/b10-8-,16-14-,21-20-,24-23-,39-37+,47-45+. The number of carbonyl (C=O) groups excluding carboxylic acids is 1. The van der Waals surface area contributed by atoms with E-state index in [0.717, 1.165) is 64.2 Å². The third-order valence-electron chi connectivity index (χ3n) is 11.2. The summed E-state index contributed by atoms with van der Waals surface area (Å²) in [4.78, 5) is 25.4. The molecule has 0 aliphatic heterocycles. The summed E-state index contributed by atoms with van der Waals surface area (Å²) < 4.78 is 23.2. The number of allylic oxidation sites excluding steroid dienone is 11. The van der Waals surface area contributed by atoms with Crippen LogP contribution in [-0.4, -0.2) is 68.5 Å². The van der Waals surface area contributed by atoms with Gasteiger partial charge < -0.3 is 28.8 Å². The molecule has 0 aliphatic rings. The Morgan fingerprint density at radius 1 is 0.571 bits per heavy atom. The van der Waals surface area contributed by atoms with Crippen LogP contribution < -0.4 is 10.2 Å². The third-order valence-corrected chi connectivity index (χ3v) is 12.1. The van der Waals surface area contributed by atoms with Gasteiger partial charge in [0.25, 0.3) is 7.82 Å². The molecule has 0 bridgehead atoms. The fourth-order valence-electron chi connectivity index (χ4n) is 7.10. The molecule has 0 heterocycles. The number of likely N-dealkylation sites (N-methyl/N-ethyl adjacent to an activating group) is 1. The molecule has 0 aromatic carbocycles. The average molecular weight is 903 g/mol. The first-order chi connectivity index (χ1) is 30.5. The number of hydrogen-bond acceptors (Lipinski definition) is 6. The van der Waals surface area contributed by atoms with Crippen LogP contribution in [0.15, 0.2) is 72.9 Å². The van der Waals surface area contributed by atoms with Gasteiger partial charge in [-0.2, -0.15) is 0 Å². The van der Waals surface area contributed by atoms with Crippen LogP contribution in [0.3, 0.4) is 0 Å². The second kappa shape index (κ2) is 45.1. The largest absolute Gasteiger partial charge is 0.756 e. The summed E-state index contributed by atoms with van der Waals surface area (Å²) in [6.45, 7) is 4.49. The highest BCUT2D eigenvalue weighted by molar-refractivity contribution is 7.45. The van der Waals surface area contributed by atoms with Crippen molar-refractivity contribution in [2.24, 2.45) is 0 Å². The number of phosphoric ester groups is 1. The third kappa shape index (κ3) is 47.7. The Hall–Kier alpha value is -2.06. The Balaban J connectivity index is 4.14. The van der Waals surface area contributed by atoms with Crippen molar-refractivity contribution in [2.75, 3.05) is 40.9 Å². The maximum Gasteiger partial charge on any atom is 0.268 e. The lowest BCUT2D eigenvalue weighted by Crippen LogP contribution is -2.45. The van der Waals surface area contributed by atoms with Crippen LogP contribution in [0.2, 0.25) is 0 Å². The molecule has 0 saturated carbocycles. The summed E-state index contributed by atoms with van der Waals surface area (Å²) in [5, 5.41) is 13.8. The Bertz CT molecular complexity index is 1250. The second-order valence-corrected chi connectivity index (χ2v) is 19.9. The second-order valence-electron chi connectivity index (χ2n) is 18.5. The van der Waals surface area contributed by atoms with Crippen molar-refractivity contribution in [3.8, 4) is 0 Å². The van der Waals surface area contributed by atoms with E-state index >= 15 is 0 Å². The zero-order valence-electron chi connectivity index (χ0n) is 41.5. The highest BCUT2D eigenvalue weighted by atomic mass is 31.2. The molecule has 0 aliphatic carbocycles. The molecule has 8 nitrogen and oxygen atoms in total. The van der Waals surface area contributed by atoms with Gasteiger partial charge >= 0.3 is 0 Å². The van der Waals surface area contributed by atoms with Crippen molar-refractivity contribution >= 4 is 13.7 Å². The molecule has 0 spiro atoms. The quantitative estimate of drug-likeness (QED) is 0.0273. The smallest absolute Gasteiger partial charge is 0.268 e. The first-order valence-electron chi connectivity index (χ1n) is 25.8. The number of nitrogens with one attached hydrogen (secondary N) is 1. The van der Waals surface area contributed by atoms with Crippen LogP contribution in [0.25, 0.3) is 0 Å². The summed E-state index contributed by atoms with van der Waals surface area (Å²) in [6, 6.07) is -0.904. The molecule has 0 aromatic rings. The molecular formula is C54H99N2O6P. The van der Waals surface area contributed by atoms with Gasteiger partial charge in [0.1, 0.15) is 13.2 Å². The molecule has 2 N–H and O–H groups in total. The van der Waals surface area contributed by atoms with E-state index in [1.165, 1.54) is 128 Å². The number of unbranched alkanes of at least 4 members (excludes halogenated alkanes) is 23. The minimum Gasteiger partial charge on any atom is -0.756 e. The van der Waals surface area contributed by atoms with Gasteiger partial charge in [0.2, 0.25) is 5.91 Å². The number of phosphoric acid groups is 1. The lowest BCUT2D eigenvalue weighted by molar-refractivity contribution is -0.870. The van der Waals surface area contributed by atoms with E-state index in [9.17, 15) is 19.4 Å². The van der Waals surface area contributed by atoms with Crippen LogP contribution in [0.1, 0.15) is 213 Å². The SMILES string of the molecule is CC/C=C\C/C=C\C/C=C\C/C=C\CCCCCCCCCCCCCCCCCCC(=O)NC(COP(=O)([O-])OCC[N+](C)(C)C)C(O)/C=C/CC/C=C/CCCCCCCC. The van der Waals surface area contributed by atoms with Gasteiger partial charge in [-0.3, -0.25) is 9.36 Å². The van der Waals surface area contributed by atoms with Gasteiger partial charge in [-0.1, -0.05) is 209 Å². The van der Waals surface area contributed by atoms with E-state index in [2.05, 4.69) is 79.9 Å². The highest BCUT2D eigenvalue weighted by Gasteiger charge is 2.23. The summed E-state index contributed by atoms with van der Waals surface area (Å²) in [5.74, 6) is -0.210. The highest BCUT2D eigenvalue weighted by Crippen LogP contribution is 2.38. The zero-order chi connectivity index (χ0) is 46.4. The first kappa shape index (κ1) is 60.9. The maximum atomic E-state index is 12.9. The van der Waals surface area contributed by atoms with Crippen molar-refractivity contribution in [3.05, 3.63) is 72.9 Å². The Labute approximate surface area is 389 Å². The topological polar surface area (TPSA) is 108 Å². The number of quaternary nitrogens is 1. The van der Waals surface area contributed by atoms with Crippen LogP contribution in [-0.2, 0) is 18.4 Å². The fraction of sp³-hybridized carbons (Fsp3) is 0.759. The van der Waals surface area contributed by atoms with Gasteiger partial charge in [0.05, 0.1) is 39.9 Å². The minimum absolute atomic E-state index is 0.00821. The average Bonchev–Trinajstić information content (AvgIpc) is 3.24. The Morgan fingerprint density at radius 2 is 0.984 bits per heavy atom. The normalized spacial score (nSPS) is 14.7. The van der Waals surface area contributed by atoms with E-state index in [4.69, 9.17) is 9.05 Å². The van der Waals surface area contributed by atoms with Crippen molar-refractivity contribution in [1.82, 2.24) is 5.32 Å². The summed E-state index contributed by atoms with van der Waals surface area (Å²) in [7, 11) is 1.24. The summed E-state index contributed by atoms with van der Waals surface area (Å²) >= 11 is 0. The summed E-state index contributed by atoms with van der Waals surface area (Å²) in [5.41, 5.74) is 0. The molecule has 3 atom stereocenters. The number of hydrogen-bond donors (Lipinski definition) is 2. The molecule has 0 saturated heterocycles. The van der Waals surface area contributed by atoms with E-state index in [1.54, 1.807) is 6.08 Å². The van der Waals surface area contributed by atoms with Crippen molar-refractivity contribution in [3.63, 3.8) is 0 Å². The Morgan fingerprint density at radius 3 is 1.48 bits per heavy atom. The van der Waals surface area contributed by atoms with Crippen molar-refractivity contribution < 1.29 is 32.9 Å². The van der Waals surface area contributed by atoms with E-state index in [0.29, 0.717) is 17.4 Å². The van der Waals surface area contributed by atoms with Crippen LogP contribution in [0, 0.1) is 0 Å². The monoisotopic (exact) mass is 903 g/mol. The first-order valence-corrected chi connectivity index (χ1v) is 27.3. The molecule has 63 heavy (non-hydrogen) atoms. The van der Waals surface area contributed by atoms with Gasteiger partial charge in [0, 0.05) is 6.42 Å². The predicted molar refractivity (Wildman–Crippen MR) is 270 cm³/mol. The van der Waals surface area contributed by atoms with E-state index < -0.39 is 26.6 Å². The molecule has 1 amide bonds. The zero-order valence-corrected chi connectivity index (χ0v) is 42.4. The molecular weight excluding hydrogens is 804 g/mol. The maximum absolute atomic E-state index is 12.9. The molecule has 9 heteroatoms. The Kier molecular flexibility index (Phi) is 43.6.